The highest BCUT2D eigenvalue weighted by atomic mass is 16.7. The van der Waals surface area contributed by atoms with Crippen molar-refractivity contribution < 1.29 is 23.9 Å². The van der Waals surface area contributed by atoms with Crippen molar-refractivity contribution in [2.24, 2.45) is 5.92 Å². The Bertz CT molecular complexity index is 772. The van der Waals surface area contributed by atoms with Crippen LogP contribution in [0.5, 0.6) is 5.75 Å². The van der Waals surface area contributed by atoms with E-state index in [-0.39, 0.29) is 18.3 Å². The maximum absolute atomic E-state index is 12.6. The fourth-order valence-electron chi connectivity index (χ4n) is 4.91. The van der Waals surface area contributed by atoms with Crippen molar-refractivity contribution in [2.45, 2.75) is 51.1 Å². The monoisotopic (exact) mass is 402 g/mol. The van der Waals surface area contributed by atoms with Crippen LogP contribution in [0.25, 0.3) is 0 Å². The summed E-state index contributed by atoms with van der Waals surface area (Å²) in [4.78, 5) is 33.3. The van der Waals surface area contributed by atoms with Crippen LogP contribution in [0, 0.1) is 5.92 Å². The van der Waals surface area contributed by atoms with Crippen LogP contribution in [-0.4, -0.2) is 60.8 Å². The second kappa shape index (κ2) is 8.32. The number of ether oxygens (including phenoxy) is 2. The molecule has 0 N–H and O–H groups in total. The molecular weight excluding hydrogens is 372 g/mol. The number of rotatable bonds is 6. The van der Waals surface area contributed by atoms with E-state index in [0.29, 0.717) is 19.4 Å². The van der Waals surface area contributed by atoms with Crippen molar-refractivity contribution in [1.29, 1.82) is 0 Å². The molecule has 0 aliphatic carbocycles. The average Bonchev–Trinajstić information content (AvgIpc) is 3.30. The molecule has 1 aromatic rings. The van der Waals surface area contributed by atoms with Crippen LogP contribution < -0.4 is 4.74 Å². The summed E-state index contributed by atoms with van der Waals surface area (Å²) >= 11 is 0. The Kier molecular flexibility index (Phi) is 5.79. The van der Waals surface area contributed by atoms with Crippen LogP contribution in [0.3, 0.4) is 0 Å². The molecule has 1 aromatic carbocycles. The Labute approximate surface area is 171 Å². The summed E-state index contributed by atoms with van der Waals surface area (Å²) < 4.78 is 10.6. The molecule has 7 nitrogen and oxygen atoms in total. The van der Waals surface area contributed by atoms with Crippen molar-refractivity contribution in [3.05, 3.63) is 29.3 Å². The third-order valence-corrected chi connectivity index (χ3v) is 6.45. The number of hydroxylamine groups is 2. The van der Waals surface area contributed by atoms with Gasteiger partial charge in [0, 0.05) is 32.5 Å². The van der Waals surface area contributed by atoms with E-state index >= 15 is 0 Å². The molecule has 1 atom stereocenters. The predicted molar refractivity (Wildman–Crippen MR) is 106 cm³/mol. The van der Waals surface area contributed by atoms with E-state index in [2.05, 4.69) is 23.1 Å². The molecule has 7 heteroatoms. The number of carbonyl (C=O) groups excluding carboxylic acids is 2. The van der Waals surface area contributed by atoms with Crippen LogP contribution in [0.2, 0.25) is 0 Å². The molecule has 1 amide bonds. The van der Waals surface area contributed by atoms with Crippen LogP contribution in [0.4, 0.5) is 0 Å². The summed E-state index contributed by atoms with van der Waals surface area (Å²) in [5.41, 5.74) is 1.96. The predicted octanol–water partition coefficient (Wildman–Crippen LogP) is 2.32. The van der Waals surface area contributed by atoms with E-state index in [4.69, 9.17) is 14.3 Å². The maximum atomic E-state index is 12.6. The fourth-order valence-corrected chi connectivity index (χ4v) is 4.91. The van der Waals surface area contributed by atoms with Gasteiger partial charge < -0.3 is 9.47 Å². The first-order valence-electron chi connectivity index (χ1n) is 10.6. The number of hydrogen-bond acceptors (Lipinski definition) is 6. The second-order valence-electron chi connectivity index (χ2n) is 8.22. The van der Waals surface area contributed by atoms with E-state index in [1.54, 1.807) is 0 Å². The minimum absolute atomic E-state index is 0.110. The summed E-state index contributed by atoms with van der Waals surface area (Å²) in [6.45, 7) is 5.72. The van der Waals surface area contributed by atoms with Gasteiger partial charge in [-0.3, -0.25) is 19.3 Å². The van der Waals surface area contributed by atoms with Crippen LogP contribution in [-0.2, 0) is 32.1 Å². The largest absolute Gasteiger partial charge is 0.493 e. The SMILES string of the molecule is CCCON1C(=O)CC(C(=O)OC)C12CCN(Cc1ccc3c(c1)CCO3)CC2. The van der Waals surface area contributed by atoms with Gasteiger partial charge in [0.1, 0.15) is 5.75 Å². The van der Waals surface area contributed by atoms with Gasteiger partial charge in [-0.05, 0) is 36.5 Å². The molecule has 3 aliphatic heterocycles. The summed E-state index contributed by atoms with van der Waals surface area (Å²) in [6, 6.07) is 6.42. The minimum atomic E-state index is -0.596. The Morgan fingerprint density at radius 1 is 1.31 bits per heavy atom. The zero-order valence-electron chi connectivity index (χ0n) is 17.3. The number of likely N-dealkylation sites (tertiary alicyclic amines) is 1. The molecule has 3 heterocycles. The summed E-state index contributed by atoms with van der Waals surface area (Å²) in [6.07, 6.45) is 3.36. The van der Waals surface area contributed by atoms with Gasteiger partial charge in [0.15, 0.2) is 0 Å². The Morgan fingerprint density at radius 2 is 2.10 bits per heavy atom. The lowest BCUT2D eigenvalue weighted by atomic mass is 9.77. The van der Waals surface area contributed by atoms with Crippen molar-refractivity contribution in [3.8, 4) is 5.75 Å². The first-order chi connectivity index (χ1) is 14.1. The molecular formula is C22H30N2O5. The topological polar surface area (TPSA) is 68.3 Å². The van der Waals surface area contributed by atoms with E-state index in [1.165, 1.54) is 23.3 Å². The summed E-state index contributed by atoms with van der Waals surface area (Å²) in [5, 5.41) is 1.52. The molecule has 0 bridgehead atoms. The number of piperidine rings is 1. The van der Waals surface area contributed by atoms with Crippen LogP contribution in [0.1, 0.15) is 43.7 Å². The molecule has 0 saturated carbocycles. The molecule has 3 aliphatic rings. The van der Waals surface area contributed by atoms with Gasteiger partial charge >= 0.3 is 5.97 Å². The second-order valence-corrected chi connectivity index (χ2v) is 8.22. The Morgan fingerprint density at radius 3 is 2.83 bits per heavy atom. The normalized spacial score (nSPS) is 23.3. The number of methoxy groups -OCH3 is 1. The first-order valence-corrected chi connectivity index (χ1v) is 10.6. The van der Waals surface area contributed by atoms with E-state index in [9.17, 15) is 9.59 Å². The molecule has 2 fully saturated rings. The number of hydrogen-bond donors (Lipinski definition) is 0. The summed E-state index contributed by atoms with van der Waals surface area (Å²) in [5.74, 6) is 0.116. The molecule has 4 rings (SSSR count). The Hall–Kier alpha value is -2.12. The molecule has 0 radical (unpaired) electrons. The van der Waals surface area contributed by atoms with E-state index < -0.39 is 11.5 Å². The third-order valence-electron chi connectivity index (χ3n) is 6.45. The van der Waals surface area contributed by atoms with Gasteiger partial charge in [-0.1, -0.05) is 19.1 Å². The molecule has 29 heavy (non-hydrogen) atoms. The lowest BCUT2D eigenvalue weighted by Crippen LogP contribution is -2.57. The van der Waals surface area contributed by atoms with Gasteiger partial charge in [0.25, 0.3) is 0 Å². The zero-order valence-corrected chi connectivity index (χ0v) is 17.3. The highest BCUT2D eigenvalue weighted by Crippen LogP contribution is 2.44. The number of esters is 1. The molecule has 2 saturated heterocycles. The van der Waals surface area contributed by atoms with E-state index in [1.807, 2.05) is 6.92 Å². The highest BCUT2D eigenvalue weighted by molar-refractivity contribution is 5.88. The van der Waals surface area contributed by atoms with Crippen LogP contribution >= 0.6 is 0 Å². The third kappa shape index (κ3) is 3.73. The van der Waals surface area contributed by atoms with Gasteiger partial charge in [-0.25, -0.2) is 5.06 Å². The van der Waals surface area contributed by atoms with Gasteiger partial charge in [0.05, 0.1) is 31.8 Å². The first kappa shape index (κ1) is 20.2. The van der Waals surface area contributed by atoms with Gasteiger partial charge in [0.2, 0.25) is 5.91 Å². The number of fused-ring (bicyclic) bond motifs is 1. The fraction of sp³-hybridized carbons (Fsp3) is 0.636. The van der Waals surface area contributed by atoms with Crippen molar-refractivity contribution in [2.75, 3.05) is 33.4 Å². The Balaban J connectivity index is 1.46. The maximum Gasteiger partial charge on any atom is 0.311 e. The van der Waals surface area contributed by atoms with Crippen molar-refractivity contribution in [3.63, 3.8) is 0 Å². The number of carbonyl (C=O) groups is 2. The smallest absolute Gasteiger partial charge is 0.311 e. The lowest BCUT2D eigenvalue weighted by molar-refractivity contribution is -0.223. The van der Waals surface area contributed by atoms with Gasteiger partial charge in [-0.2, -0.15) is 0 Å². The highest BCUT2D eigenvalue weighted by Gasteiger charge is 2.58. The summed E-state index contributed by atoms with van der Waals surface area (Å²) in [7, 11) is 1.39. The molecule has 158 valence electrons. The number of amides is 1. The average molecular weight is 402 g/mol. The lowest BCUT2D eigenvalue weighted by Gasteiger charge is -2.45. The van der Waals surface area contributed by atoms with E-state index in [0.717, 1.165) is 44.8 Å². The van der Waals surface area contributed by atoms with Crippen LogP contribution in [0.15, 0.2) is 18.2 Å². The number of benzene rings is 1. The zero-order chi connectivity index (χ0) is 20.4. The molecule has 1 spiro atoms. The molecule has 0 aromatic heterocycles. The minimum Gasteiger partial charge on any atom is -0.493 e. The van der Waals surface area contributed by atoms with Gasteiger partial charge in [-0.15, -0.1) is 0 Å². The quantitative estimate of drug-likeness (QED) is 0.681. The number of nitrogens with zero attached hydrogens (tertiary/aromatic N) is 2. The van der Waals surface area contributed by atoms with Crippen molar-refractivity contribution in [1.82, 2.24) is 9.96 Å². The molecule has 1 unspecified atom stereocenters. The standard InChI is InChI=1S/C22H30N2O5/c1-3-11-29-24-20(25)14-18(21(26)27-2)22(24)7-9-23(10-8-22)15-16-4-5-19-17(13-16)6-12-28-19/h4-5,13,18H,3,6-12,14-15H2,1-2H3. The van der Waals surface area contributed by atoms with Crippen molar-refractivity contribution >= 4 is 11.9 Å².